The summed E-state index contributed by atoms with van der Waals surface area (Å²) in [5.41, 5.74) is 2.04. The lowest BCUT2D eigenvalue weighted by Gasteiger charge is -2.07. The molecule has 0 heterocycles. The fourth-order valence-electron chi connectivity index (χ4n) is 2.44. The molecule has 0 spiro atoms. The van der Waals surface area contributed by atoms with E-state index >= 15 is 0 Å². The van der Waals surface area contributed by atoms with Crippen LogP contribution in [0.15, 0.2) is 23.1 Å². The van der Waals surface area contributed by atoms with E-state index in [1.807, 2.05) is 0 Å². The van der Waals surface area contributed by atoms with E-state index in [2.05, 4.69) is 0 Å². The Morgan fingerprint density at radius 3 is 2.68 bits per heavy atom. The van der Waals surface area contributed by atoms with Gasteiger partial charge in [0, 0.05) is 17.1 Å². The van der Waals surface area contributed by atoms with Crippen molar-refractivity contribution in [1.29, 1.82) is 0 Å². The molecule has 1 aromatic carbocycles. The number of hydrogen-bond acceptors (Lipinski definition) is 4. The van der Waals surface area contributed by atoms with Gasteiger partial charge in [0.2, 0.25) is 0 Å². The molecule has 0 radical (unpaired) electrons. The van der Waals surface area contributed by atoms with Crippen LogP contribution in [-0.2, 0) is 31.4 Å². The standard InChI is InChI=1S/C13H15ClO4S/c1-2-18-13(15)7-9-5-10-3-4-12(19(14,16)17)8-11(10)6-9/h3-4,8-9H,2,5-7H2,1H3. The summed E-state index contributed by atoms with van der Waals surface area (Å²) >= 11 is 0. The molecule has 0 aromatic heterocycles. The highest BCUT2D eigenvalue weighted by molar-refractivity contribution is 8.13. The summed E-state index contributed by atoms with van der Waals surface area (Å²) < 4.78 is 27.5. The highest BCUT2D eigenvalue weighted by Gasteiger charge is 2.25. The Bertz CT molecular complexity index is 595. The van der Waals surface area contributed by atoms with Crippen LogP contribution < -0.4 is 0 Å². The van der Waals surface area contributed by atoms with Crippen LogP contribution in [0.4, 0.5) is 0 Å². The molecule has 0 amide bonds. The molecule has 0 saturated heterocycles. The Morgan fingerprint density at radius 2 is 2.05 bits per heavy atom. The van der Waals surface area contributed by atoms with Crippen LogP contribution in [-0.4, -0.2) is 21.0 Å². The van der Waals surface area contributed by atoms with Crippen molar-refractivity contribution in [3.05, 3.63) is 29.3 Å². The van der Waals surface area contributed by atoms with Gasteiger partial charge in [0.25, 0.3) is 9.05 Å². The number of carbonyl (C=O) groups excluding carboxylic acids is 1. The van der Waals surface area contributed by atoms with Crippen LogP contribution in [0.1, 0.15) is 24.5 Å². The second kappa shape index (κ2) is 5.51. The molecule has 1 atom stereocenters. The molecule has 19 heavy (non-hydrogen) atoms. The maximum absolute atomic E-state index is 11.4. The molecule has 0 aliphatic heterocycles. The lowest BCUT2D eigenvalue weighted by atomic mass is 10.0. The van der Waals surface area contributed by atoms with E-state index in [-0.39, 0.29) is 16.8 Å². The molecule has 2 rings (SSSR count). The summed E-state index contributed by atoms with van der Waals surface area (Å²) in [6, 6.07) is 4.88. The number of fused-ring (bicyclic) bond motifs is 1. The van der Waals surface area contributed by atoms with Crippen molar-refractivity contribution in [2.24, 2.45) is 5.92 Å². The Morgan fingerprint density at radius 1 is 1.37 bits per heavy atom. The average Bonchev–Trinajstić information content (AvgIpc) is 2.68. The minimum absolute atomic E-state index is 0.115. The van der Waals surface area contributed by atoms with E-state index in [1.54, 1.807) is 19.1 Å². The van der Waals surface area contributed by atoms with Crippen molar-refractivity contribution < 1.29 is 17.9 Å². The molecule has 1 aromatic rings. The lowest BCUT2D eigenvalue weighted by Crippen LogP contribution is -2.11. The third-order valence-corrected chi connectivity index (χ3v) is 4.59. The predicted octanol–water partition coefficient (Wildman–Crippen LogP) is 2.28. The minimum atomic E-state index is -3.69. The van der Waals surface area contributed by atoms with Crippen LogP contribution >= 0.6 is 10.7 Å². The largest absolute Gasteiger partial charge is 0.466 e. The van der Waals surface area contributed by atoms with Crippen molar-refractivity contribution in [3.63, 3.8) is 0 Å². The van der Waals surface area contributed by atoms with Gasteiger partial charge < -0.3 is 4.74 Å². The molecule has 1 aliphatic rings. The third-order valence-electron chi connectivity index (χ3n) is 3.24. The van der Waals surface area contributed by atoms with E-state index in [4.69, 9.17) is 15.4 Å². The first kappa shape index (κ1) is 14.3. The number of hydrogen-bond donors (Lipinski definition) is 0. The third kappa shape index (κ3) is 3.48. The number of esters is 1. The molecule has 0 N–H and O–H groups in total. The molecule has 0 saturated carbocycles. The van der Waals surface area contributed by atoms with Crippen molar-refractivity contribution in [2.75, 3.05) is 6.61 Å². The highest BCUT2D eigenvalue weighted by Crippen LogP contribution is 2.31. The number of carbonyl (C=O) groups is 1. The first-order chi connectivity index (χ1) is 8.90. The Balaban J connectivity index is 2.10. The Labute approximate surface area is 117 Å². The zero-order chi connectivity index (χ0) is 14.0. The molecule has 1 aliphatic carbocycles. The summed E-state index contributed by atoms with van der Waals surface area (Å²) in [5.74, 6) is -0.0205. The quantitative estimate of drug-likeness (QED) is 0.632. The maximum atomic E-state index is 11.4. The van der Waals surface area contributed by atoms with Gasteiger partial charge >= 0.3 is 5.97 Å². The summed E-state index contributed by atoms with van der Waals surface area (Å²) in [6.45, 7) is 2.16. The van der Waals surface area contributed by atoms with Crippen LogP contribution in [0, 0.1) is 5.92 Å². The van der Waals surface area contributed by atoms with E-state index < -0.39 is 9.05 Å². The highest BCUT2D eigenvalue weighted by atomic mass is 35.7. The molecular formula is C13H15ClO4S. The van der Waals surface area contributed by atoms with Crippen LogP contribution in [0.3, 0.4) is 0 Å². The predicted molar refractivity (Wildman–Crippen MR) is 71.6 cm³/mol. The molecule has 6 heteroatoms. The molecule has 0 bridgehead atoms. The van der Waals surface area contributed by atoms with Gasteiger partial charge in [-0.3, -0.25) is 4.79 Å². The first-order valence-electron chi connectivity index (χ1n) is 6.12. The van der Waals surface area contributed by atoms with Crippen LogP contribution in [0.2, 0.25) is 0 Å². The number of halogens is 1. The Hall–Kier alpha value is -1.07. The summed E-state index contributed by atoms with van der Waals surface area (Å²) in [7, 11) is 1.63. The van der Waals surface area contributed by atoms with Gasteiger partial charge in [-0.1, -0.05) is 6.07 Å². The number of ether oxygens (including phenoxy) is 1. The first-order valence-corrected chi connectivity index (χ1v) is 8.43. The van der Waals surface area contributed by atoms with E-state index in [0.29, 0.717) is 19.4 Å². The second-order valence-electron chi connectivity index (χ2n) is 4.65. The van der Waals surface area contributed by atoms with Gasteiger partial charge in [0.15, 0.2) is 0 Å². The summed E-state index contributed by atoms with van der Waals surface area (Å²) in [4.78, 5) is 11.6. The lowest BCUT2D eigenvalue weighted by molar-refractivity contribution is -0.144. The number of rotatable bonds is 4. The van der Waals surface area contributed by atoms with Crippen molar-refractivity contribution >= 4 is 25.7 Å². The molecular weight excluding hydrogens is 288 g/mol. The SMILES string of the molecule is CCOC(=O)CC1Cc2ccc(S(=O)(=O)Cl)cc2C1. The van der Waals surface area contributed by atoms with Gasteiger partial charge in [-0.25, -0.2) is 8.42 Å². The van der Waals surface area contributed by atoms with Crippen molar-refractivity contribution in [1.82, 2.24) is 0 Å². The molecule has 4 nitrogen and oxygen atoms in total. The van der Waals surface area contributed by atoms with Gasteiger partial charge in [-0.05, 0) is 48.9 Å². The Kier molecular flexibility index (Phi) is 4.16. The normalized spacial score (nSPS) is 18.1. The zero-order valence-corrected chi connectivity index (χ0v) is 12.1. The fourth-order valence-corrected chi connectivity index (χ4v) is 3.24. The van der Waals surface area contributed by atoms with Gasteiger partial charge in [0.05, 0.1) is 11.5 Å². The zero-order valence-electron chi connectivity index (χ0n) is 10.6. The monoisotopic (exact) mass is 302 g/mol. The van der Waals surface area contributed by atoms with Crippen LogP contribution in [0.5, 0.6) is 0 Å². The summed E-state index contributed by atoms with van der Waals surface area (Å²) in [6.07, 6.45) is 1.83. The molecule has 104 valence electrons. The van der Waals surface area contributed by atoms with Crippen molar-refractivity contribution in [2.45, 2.75) is 31.1 Å². The van der Waals surface area contributed by atoms with Crippen LogP contribution in [0.25, 0.3) is 0 Å². The van der Waals surface area contributed by atoms with E-state index in [1.165, 1.54) is 6.07 Å². The fraction of sp³-hybridized carbons (Fsp3) is 0.462. The summed E-state index contributed by atoms with van der Waals surface area (Å²) in [5, 5.41) is 0. The van der Waals surface area contributed by atoms with Crippen molar-refractivity contribution in [3.8, 4) is 0 Å². The van der Waals surface area contributed by atoms with Gasteiger partial charge in [-0.2, -0.15) is 0 Å². The second-order valence-corrected chi connectivity index (χ2v) is 7.22. The number of benzene rings is 1. The van der Waals surface area contributed by atoms with Gasteiger partial charge in [-0.15, -0.1) is 0 Å². The topological polar surface area (TPSA) is 60.4 Å². The van der Waals surface area contributed by atoms with E-state index in [0.717, 1.165) is 17.5 Å². The average molecular weight is 303 g/mol. The minimum Gasteiger partial charge on any atom is -0.466 e. The van der Waals surface area contributed by atoms with Gasteiger partial charge in [0.1, 0.15) is 0 Å². The smallest absolute Gasteiger partial charge is 0.306 e. The molecule has 0 fully saturated rings. The maximum Gasteiger partial charge on any atom is 0.306 e. The van der Waals surface area contributed by atoms with E-state index in [9.17, 15) is 13.2 Å². The molecule has 1 unspecified atom stereocenters.